The fourth-order valence-corrected chi connectivity index (χ4v) is 2.81. The highest BCUT2D eigenvalue weighted by Gasteiger charge is 2.13. The molecule has 1 atom stereocenters. The zero-order chi connectivity index (χ0) is 15.2. The van der Waals surface area contributed by atoms with E-state index in [2.05, 4.69) is 62.5 Å². The molecule has 2 rings (SSSR count). The number of nitrogens with one attached hydrogen (secondary N) is 1. The smallest absolute Gasteiger partial charge is 0.0408 e. The van der Waals surface area contributed by atoms with Gasteiger partial charge in [-0.15, -0.1) is 0 Å². The second-order valence-electron chi connectivity index (χ2n) is 6.04. The van der Waals surface area contributed by atoms with Gasteiger partial charge in [0, 0.05) is 17.6 Å². The van der Waals surface area contributed by atoms with Gasteiger partial charge in [0.25, 0.3) is 0 Å². The first-order chi connectivity index (χ1) is 10.1. The molecule has 0 aliphatic rings. The molecule has 0 spiro atoms. The molecule has 0 heterocycles. The third kappa shape index (κ3) is 4.87. The van der Waals surface area contributed by atoms with Gasteiger partial charge < -0.3 is 5.32 Å². The van der Waals surface area contributed by atoms with Crippen LogP contribution >= 0.6 is 11.6 Å². The van der Waals surface area contributed by atoms with Crippen LogP contribution in [0, 0.1) is 12.8 Å². The maximum absolute atomic E-state index is 6.02. The minimum absolute atomic E-state index is 0.390. The second-order valence-corrected chi connectivity index (χ2v) is 6.48. The summed E-state index contributed by atoms with van der Waals surface area (Å²) in [7, 11) is 0. The minimum atomic E-state index is 0.390. The van der Waals surface area contributed by atoms with Crippen molar-refractivity contribution < 1.29 is 0 Å². The second kappa shape index (κ2) is 7.63. The van der Waals surface area contributed by atoms with Gasteiger partial charge in [-0.05, 0) is 48.1 Å². The Balaban J connectivity index is 2.09. The zero-order valence-electron chi connectivity index (χ0n) is 13.1. The maximum Gasteiger partial charge on any atom is 0.0408 e. The molecule has 1 unspecified atom stereocenters. The molecule has 2 aromatic rings. The zero-order valence-corrected chi connectivity index (χ0v) is 13.8. The van der Waals surface area contributed by atoms with Gasteiger partial charge in [0.1, 0.15) is 0 Å². The molecular weight excluding hydrogens is 278 g/mol. The van der Waals surface area contributed by atoms with Gasteiger partial charge >= 0.3 is 0 Å². The summed E-state index contributed by atoms with van der Waals surface area (Å²) in [6, 6.07) is 17.2. The lowest BCUT2D eigenvalue weighted by Crippen LogP contribution is -2.22. The molecule has 0 saturated carbocycles. The van der Waals surface area contributed by atoms with Crippen molar-refractivity contribution in [2.75, 3.05) is 0 Å². The predicted octanol–water partition coefficient (Wildman–Crippen LogP) is 5.53. The van der Waals surface area contributed by atoms with Gasteiger partial charge in [-0.2, -0.15) is 0 Å². The van der Waals surface area contributed by atoms with Gasteiger partial charge in [0.2, 0.25) is 0 Å². The number of halogens is 1. The van der Waals surface area contributed by atoms with Crippen LogP contribution < -0.4 is 5.32 Å². The number of hydrogen-bond acceptors (Lipinski definition) is 1. The third-order valence-corrected chi connectivity index (χ3v) is 3.99. The molecule has 0 bridgehead atoms. The molecule has 21 heavy (non-hydrogen) atoms. The number of benzene rings is 2. The van der Waals surface area contributed by atoms with Crippen molar-refractivity contribution in [2.45, 2.75) is 39.8 Å². The quantitative estimate of drug-likeness (QED) is 0.740. The molecule has 1 N–H and O–H groups in total. The van der Waals surface area contributed by atoms with E-state index >= 15 is 0 Å². The number of rotatable bonds is 6. The van der Waals surface area contributed by atoms with Crippen LogP contribution in [0.4, 0.5) is 0 Å². The lowest BCUT2D eigenvalue weighted by atomic mass is 9.96. The molecule has 0 amide bonds. The van der Waals surface area contributed by atoms with E-state index in [0.717, 1.165) is 18.0 Å². The lowest BCUT2D eigenvalue weighted by Gasteiger charge is -2.22. The largest absolute Gasteiger partial charge is 0.306 e. The Morgan fingerprint density at radius 1 is 1.05 bits per heavy atom. The van der Waals surface area contributed by atoms with Crippen molar-refractivity contribution in [1.29, 1.82) is 0 Å². The highest BCUT2D eigenvalue weighted by atomic mass is 35.5. The number of aryl methyl sites for hydroxylation is 1. The summed E-state index contributed by atoms with van der Waals surface area (Å²) in [5, 5.41) is 4.50. The Hall–Kier alpha value is -1.31. The monoisotopic (exact) mass is 301 g/mol. The summed E-state index contributed by atoms with van der Waals surface area (Å²) in [5.74, 6) is 0.661. The van der Waals surface area contributed by atoms with E-state index in [1.54, 1.807) is 0 Å². The molecule has 0 aromatic heterocycles. The van der Waals surface area contributed by atoms with E-state index in [-0.39, 0.29) is 0 Å². The summed E-state index contributed by atoms with van der Waals surface area (Å²) in [6.45, 7) is 7.52. The first kappa shape index (κ1) is 16.1. The SMILES string of the molecule is Cc1cc(Cl)ccc1CNC(CC(C)C)c1ccccc1. The molecule has 2 heteroatoms. The van der Waals surface area contributed by atoms with Gasteiger partial charge in [-0.25, -0.2) is 0 Å². The Bertz CT molecular complexity index is 563. The average Bonchev–Trinajstić information content (AvgIpc) is 2.45. The molecular formula is C19H24ClN. The highest BCUT2D eigenvalue weighted by Crippen LogP contribution is 2.22. The molecule has 0 aliphatic heterocycles. The van der Waals surface area contributed by atoms with Crippen molar-refractivity contribution in [2.24, 2.45) is 5.92 Å². The highest BCUT2D eigenvalue weighted by molar-refractivity contribution is 6.30. The van der Waals surface area contributed by atoms with E-state index in [0.29, 0.717) is 12.0 Å². The molecule has 0 saturated heterocycles. The van der Waals surface area contributed by atoms with Gasteiger partial charge in [0.05, 0.1) is 0 Å². The average molecular weight is 302 g/mol. The Kier molecular flexibility index (Phi) is 5.84. The first-order valence-electron chi connectivity index (χ1n) is 7.59. The van der Waals surface area contributed by atoms with Crippen molar-refractivity contribution >= 4 is 11.6 Å². The van der Waals surface area contributed by atoms with Gasteiger partial charge in [-0.3, -0.25) is 0 Å². The topological polar surface area (TPSA) is 12.0 Å². The van der Waals surface area contributed by atoms with Gasteiger partial charge in [0.15, 0.2) is 0 Å². The van der Waals surface area contributed by atoms with E-state index in [1.807, 2.05) is 12.1 Å². The number of hydrogen-bond donors (Lipinski definition) is 1. The fourth-order valence-electron chi connectivity index (χ4n) is 2.58. The summed E-state index contributed by atoms with van der Waals surface area (Å²) < 4.78 is 0. The van der Waals surface area contributed by atoms with Crippen molar-refractivity contribution in [3.05, 3.63) is 70.2 Å². The van der Waals surface area contributed by atoms with Crippen LogP contribution in [0.2, 0.25) is 5.02 Å². The Morgan fingerprint density at radius 2 is 1.76 bits per heavy atom. The van der Waals surface area contributed by atoms with Gasteiger partial charge in [-0.1, -0.05) is 61.8 Å². The van der Waals surface area contributed by atoms with Crippen LogP contribution in [-0.4, -0.2) is 0 Å². The van der Waals surface area contributed by atoms with Crippen molar-refractivity contribution in [3.8, 4) is 0 Å². The molecule has 2 aromatic carbocycles. The molecule has 112 valence electrons. The van der Waals surface area contributed by atoms with Crippen molar-refractivity contribution in [3.63, 3.8) is 0 Å². The third-order valence-electron chi connectivity index (χ3n) is 3.75. The van der Waals surface area contributed by atoms with E-state index in [4.69, 9.17) is 11.6 Å². The maximum atomic E-state index is 6.02. The van der Waals surface area contributed by atoms with E-state index in [9.17, 15) is 0 Å². The standard InChI is InChI=1S/C19H24ClN/c1-14(2)11-19(16-7-5-4-6-8-16)21-13-17-9-10-18(20)12-15(17)3/h4-10,12,14,19,21H,11,13H2,1-3H3. The van der Waals surface area contributed by atoms with Crippen LogP contribution in [0.5, 0.6) is 0 Å². The van der Waals surface area contributed by atoms with Crippen LogP contribution in [-0.2, 0) is 6.54 Å². The summed E-state index contributed by atoms with van der Waals surface area (Å²) in [6.07, 6.45) is 1.14. The summed E-state index contributed by atoms with van der Waals surface area (Å²) in [4.78, 5) is 0. The normalized spacial score (nSPS) is 12.6. The first-order valence-corrected chi connectivity index (χ1v) is 7.97. The molecule has 0 fully saturated rings. The van der Waals surface area contributed by atoms with Crippen molar-refractivity contribution in [1.82, 2.24) is 5.32 Å². The lowest BCUT2D eigenvalue weighted by molar-refractivity contribution is 0.428. The minimum Gasteiger partial charge on any atom is -0.306 e. The van der Waals surface area contributed by atoms with Crippen LogP contribution in [0.25, 0.3) is 0 Å². The van der Waals surface area contributed by atoms with Crippen LogP contribution in [0.15, 0.2) is 48.5 Å². The summed E-state index contributed by atoms with van der Waals surface area (Å²) in [5.41, 5.74) is 3.91. The van der Waals surface area contributed by atoms with Crippen LogP contribution in [0.1, 0.15) is 43.0 Å². The molecule has 0 radical (unpaired) electrons. The van der Waals surface area contributed by atoms with E-state index < -0.39 is 0 Å². The van der Waals surface area contributed by atoms with Crippen LogP contribution in [0.3, 0.4) is 0 Å². The summed E-state index contributed by atoms with van der Waals surface area (Å²) >= 11 is 6.02. The fraction of sp³-hybridized carbons (Fsp3) is 0.368. The van der Waals surface area contributed by atoms with E-state index in [1.165, 1.54) is 16.7 Å². The Morgan fingerprint density at radius 3 is 2.38 bits per heavy atom. The molecule has 0 aliphatic carbocycles. The Labute approximate surface area is 133 Å². The predicted molar refractivity (Wildman–Crippen MR) is 91.7 cm³/mol. The molecule has 1 nitrogen and oxygen atoms in total.